The summed E-state index contributed by atoms with van der Waals surface area (Å²) >= 11 is 3.29. The van der Waals surface area contributed by atoms with Gasteiger partial charge in [-0.05, 0) is 47.8 Å². The second kappa shape index (κ2) is 5.61. The molecule has 1 amide bonds. The van der Waals surface area contributed by atoms with Crippen LogP contribution in [0.5, 0.6) is 0 Å². The second-order valence-corrected chi connectivity index (χ2v) is 5.48. The molecule has 1 aliphatic heterocycles. The standard InChI is InChI=1S/C13H15BrN2O2/c1-9(17)7-11-3-2-6-16(11)13(18)12-5-4-10(14)8-15-12/h4-5,8,11H,2-3,6-7H2,1H3. The Morgan fingerprint density at radius 1 is 1.50 bits per heavy atom. The van der Waals surface area contributed by atoms with Crippen molar-refractivity contribution in [1.29, 1.82) is 0 Å². The number of carbonyl (C=O) groups is 2. The van der Waals surface area contributed by atoms with Gasteiger partial charge in [0.25, 0.3) is 5.91 Å². The van der Waals surface area contributed by atoms with Crippen LogP contribution in [0.15, 0.2) is 22.8 Å². The Morgan fingerprint density at radius 2 is 2.28 bits per heavy atom. The molecule has 1 aliphatic rings. The predicted octanol–water partition coefficient (Wildman–Crippen LogP) is 2.43. The third-order valence-electron chi connectivity index (χ3n) is 3.11. The van der Waals surface area contributed by atoms with Gasteiger partial charge in [0.15, 0.2) is 0 Å². The van der Waals surface area contributed by atoms with Gasteiger partial charge in [-0.1, -0.05) is 0 Å². The van der Waals surface area contributed by atoms with Gasteiger partial charge in [0.1, 0.15) is 11.5 Å². The monoisotopic (exact) mass is 310 g/mol. The lowest BCUT2D eigenvalue weighted by Gasteiger charge is -2.23. The molecule has 2 rings (SSSR count). The molecule has 0 bridgehead atoms. The lowest BCUT2D eigenvalue weighted by molar-refractivity contribution is -0.117. The molecule has 4 nitrogen and oxygen atoms in total. The van der Waals surface area contributed by atoms with Crippen LogP contribution in [-0.2, 0) is 4.79 Å². The van der Waals surface area contributed by atoms with Gasteiger partial charge in [-0.3, -0.25) is 9.59 Å². The number of carbonyl (C=O) groups excluding carboxylic acids is 2. The first-order valence-corrected chi connectivity index (χ1v) is 6.79. The van der Waals surface area contributed by atoms with E-state index in [-0.39, 0.29) is 17.7 Å². The summed E-state index contributed by atoms with van der Waals surface area (Å²) in [7, 11) is 0. The van der Waals surface area contributed by atoms with Gasteiger partial charge in [0.2, 0.25) is 0 Å². The van der Waals surface area contributed by atoms with Gasteiger partial charge in [0, 0.05) is 29.7 Å². The van der Waals surface area contributed by atoms with Crippen molar-refractivity contribution in [3.8, 4) is 0 Å². The molecule has 5 heteroatoms. The first kappa shape index (κ1) is 13.2. The summed E-state index contributed by atoms with van der Waals surface area (Å²) in [5, 5.41) is 0. The van der Waals surface area contributed by atoms with Gasteiger partial charge in [-0.2, -0.15) is 0 Å². The number of nitrogens with zero attached hydrogens (tertiary/aromatic N) is 2. The fraction of sp³-hybridized carbons (Fsp3) is 0.462. The minimum atomic E-state index is -0.0775. The minimum absolute atomic E-state index is 0.0421. The summed E-state index contributed by atoms with van der Waals surface area (Å²) in [5.41, 5.74) is 0.439. The van der Waals surface area contributed by atoms with E-state index < -0.39 is 0 Å². The van der Waals surface area contributed by atoms with Crippen molar-refractivity contribution in [2.45, 2.75) is 32.2 Å². The van der Waals surface area contributed by atoms with Gasteiger partial charge in [0.05, 0.1) is 0 Å². The van der Waals surface area contributed by atoms with E-state index >= 15 is 0 Å². The molecule has 1 fully saturated rings. The Hall–Kier alpha value is -1.23. The highest BCUT2D eigenvalue weighted by Crippen LogP contribution is 2.22. The maximum atomic E-state index is 12.3. The number of hydrogen-bond donors (Lipinski definition) is 0. The Labute approximate surface area is 115 Å². The average molecular weight is 311 g/mol. The van der Waals surface area contributed by atoms with E-state index in [0.29, 0.717) is 18.7 Å². The molecule has 0 spiro atoms. The van der Waals surface area contributed by atoms with Crippen LogP contribution in [0.3, 0.4) is 0 Å². The molecule has 0 aromatic carbocycles. The number of halogens is 1. The maximum absolute atomic E-state index is 12.3. The molecule has 0 radical (unpaired) electrons. The van der Waals surface area contributed by atoms with Crippen LogP contribution in [0, 0.1) is 0 Å². The smallest absolute Gasteiger partial charge is 0.272 e. The molecule has 0 saturated carbocycles. The molecule has 1 aromatic rings. The molecule has 1 saturated heterocycles. The van der Waals surface area contributed by atoms with Crippen molar-refractivity contribution in [3.05, 3.63) is 28.5 Å². The molecule has 1 aromatic heterocycles. The zero-order valence-corrected chi connectivity index (χ0v) is 11.8. The van der Waals surface area contributed by atoms with E-state index in [2.05, 4.69) is 20.9 Å². The summed E-state index contributed by atoms with van der Waals surface area (Å²) in [6.45, 7) is 2.29. The zero-order chi connectivity index (χ0) is 13.1. The first-order valence-electron chi connectivity index (χ1n) is 6.00. The molecule has 0 N–H and O–H groups in total. The molecular weight excluding hydrogens is 296 g/mol. The highest BCUT2D eigenvalue weighted by molar-refractivity contribution is 9.10. The molecule has 0 aliphatic carbocycles. The van der Waals surface area contributed by atoms with Gasteiger partial charge >= 0.3 is 0 Å². The van der Waals surface area contributed by atoms with Crippen LogP contribution in [-0.4, -0.2) is 34.2 Å². The van der Waals surface area contributed by atoms with E-state index in [4.69, 9.17) is 0 Å². The number of pyridine rings is 1. The van der Waals surface area contributed by atoms with Crippen LogP contribution in [0.25, 0.3) is 0 Å². The van der Waals surface area contributed by atoms with Crippen LogP contribution in [0.2, 0.25) is 0 Å². The topological polar surface area (TPSA) is 50.3 Å². The van der Waals surface area contributed by atoms with Crippen LogP contribution in [0.1, 0.15) is 36.7 Å². The van der Waals surface area contributed by atoms with Crippen LogP contribution < -0.4 is 0 Å². The van der Waals surface area contributed by atoms with Crippen molar-refractivity contribution in [2.75, 3.05) is 6.54 Å². The predicted molar refractivity (Wildman–Crippen MR) is 71.3 cm³/mol. The average Bonchev–Trinajstić information content (AvgIpc) is 2.76. The third-order valence-corrected chi connectivity index (χ3v) is 3.58. The molecule has 18 heavy (non-hydrogen) atoms. The number of rotatable bonds is 3. The van der Waals surface area contributed by atoms with Crippen molar-refractivity contribution in [1.82, 2.24) is 9.88 Å². The number of amides is 1. The Morgan fingerprint density at radius 3 is 2.89 bits per heavy atom. The van der Waals surface area contributed by atoms with Gasteiger partial charge in [-0.25, -0.2) is 4.98 Å². The zero-order valence-electron chi connectivity index (χ0n) is 10.2. The number of likely N-dealkylation sites (tertiary alicyclic amines) is 1. The minimum Gasteiger partial charge on any atom is -0.334 e. The van der Waals surface area contributed by atoms with Crippen molar-refractivity contribution < 1.29 is 9.59 Å². The fourth-order valence-electron chi connectivity index (χ4n) is 2.30. The van der Waals surface area contributed by atoms with Crippen LogP contribution >= 0.6 is 15.9 Å². The number of Topliss-reactive ketones (excluding diaryl/α,β-unsaturated/α-hetero) is 1. The third kappa shape index (κ3) is 2.96. The van der Waals surface area contributed by atoms with Crippen molar-refractivity contribution in [2.24, 2.45) is 0 Å². The summed E-state index contributed by atoms with van der Waals surface area (Å²) in [6.07, 6.45) is 3.92. The normalized spacial score (nSPS) is 19.0. The molecule has 96 valence electrons. The number of hydrogen-bond acceptors (Lipinski definition) is 3. The highest BCUT2D eigenvalue weighted by atomic mass is 79.9. The van der Waals surface area contributed by atoms with Crippen LogP contribution in [0.4, 0.5) is 0 Å². The summed E-state index contributed by atoms with van der Waals surface area (Å²) < 4.78 is 0.848. The SMILES string of the molecule is CC(=O)CC1CCCN1C(=O)c1ccc(Br)cn1. The Bertz CT molecular complexity index is 459. The first-order chi connectivity index (χ1) is 8.58. The number of aromatic nitrogens is 1. The fourth-order valence-corrected chi connectivity index (χ4v) is 2.53. The van der Waals surface area contributed by atoms with E-state index in [9.17, 15) is 9.59 Å². The molecular formula is C13H15BrN2O2. The Balaban J connectivity index is 2.12. The van der Waals surface area contributed by atoms with Crippen molar-refractivity contribution in [3.63, 3.8) is 0 Å². The lowest BCUT2D eigenvalue weighted by atomic mass is 10.1. The van der Waals surface area contributed by atoms with Crippen molar-refractivity contribution >= 4 is 27.6 Å². The maximum Gasteiger partial charge on any atom is 0.272 e. The highest BCUT2D eigenvalue weighted by Gasteiger charge is 2.30. The van der Waals surface area contributed by atoms with Gasteiger partial charge < -0.3 is 4.90 Å². The summed E-state index contributed by atoms with van der Waals surface area (Å²) in [5.74, 6) is 0.0507. The largest absolute Gasteiger partial charge is 0.334 e. The second-order valence-electron chi connectivity index (χ2n) is 4.56. The van der Waals surface area contributed by atoms with E-state index in [1.54, 1.807) is 30.2 Å². The summed E-state index contributed by atoms with van der Waals surface area (Å²) in [4.78, 5) is 29.4. The quantitative estimate of drug-likeness (QED) is 0.861. The van der Waals surface area contributed by atoms with Gasteiger partial charge in [-0.15, -0.1) is 0 Å². The van der Waals surface area contributed by atoms with E-state index in [1.807, 2.05) is 0 Å². The summed E-state index contributed by atoms with van der Waals surface area (Å²) in [6, 6.07) is 3.55. The molecule has 1 unspecified atom stereocenters. The lowest BCUT2D eigenvalue weighted by Crippen LogP contribution is -2.37. The number of ketones is 1. The molecule has 1 atom stereocenters. The van der Waals surface area contributed by atoms with E-state index in [0.717, 1.165) is 17.3 Å². The Kier molecular flexibility index (Phi) is 4.11. The van der Waals surface area contributed by atoms with E-state index in [1.165, 1.54) is 0 Å². The molecule has 2 heterocycles.